The standard InChI is InChI=1S/C22H33F2N3O7/c1-10-7-21(30,9-27-8-11-4-5-12(23)13(24)6-11)22(31)20(32-10)33-19-17(29)14(25-2)16(28)15(26-3)18(19)34-22/h4-6,10,14-20,25-31H,7-9H2,1-3H3/t10-,14-,15+,16+,17+,18-,19?,20+,21?,22-/m1/s1. The minimum Gasteiger partial charge on any atom is -0.390 e. The van der Waals surface area contributed by atoms with Crippen LogP contribution in [0.1, 0.15) is 18.9 Å². The van der Waals surface area contributed by atoms with Crippen molar-refractivity contribution in [3.05, 3.63) is 35.4 Å². The summed E-state index contributed by atoms with van der Waals surface area (Å²) in [7, 11) is 3.20. The number of hydrogen-bond donors (Lipinski definition) is 7. The van der Waals surface area contributed by atoms with Crippen LogP contribution in [0.3, 0.4) is 0 Å². The summed E-state index contributed by atoms with van der Waals surface area (Å²) in [6, 6.07) is 1.99. The number of rotatable bonds is 6. The van der Waals surface area contributed by atoms with Gasteiger partial charge in [-0.15, -0.1) is 0 Å². The predicted molar refractivity (Wildman–Crippen MR) is 114 cm³/mol. The van der Waals surface area contributed by atoms with Crippen LogP contribution in [0.25, 0.3) is 0 Å². The predicted octanol–water partition coefficient (Wildman–Crippen LogP) is -1.70. The second kappa shape index (κ2) is 9.62. The summed E-state index contributed by atoms with van der Waals surface area (Å²) in [6.45, 7) is 1.59. The van der Waals surface area contributed by atoms with Gasteiger partial charge in [0.05, 0.1) is 24.3 Å². The Kier molecular flexibility index (Phi) is 7.29. The fraction of sp³-hybridized carbons (Fsp3) is 0.727. The second-order valence-electron chi connectivity index (χ2n) is 9.36. The van der Waals surface area contributed by atoms with E-state index in [4.69, 9.17) is 14.2 Å². The molecule has 3 aliphatic rings. The molecule has 2 aliphatic heterocycles. The minimum atomic E-state index is -2.34. The first kappa shape index (κ1) is 25.8. The van der Waals surface area contributed by atoms with E-state index in [2.05, 4.69) is 16.0 Å². The fourth-order valence-electron chi connectivity index (χ4n) is 5.29. The van der Waals surface area contributed by atoms with Gasteiger partial charge < -0.3 is 50.6 Å². The fourth-order valence-corrected chi connectivity index (χ4v) is 5.29. The molecule has 3 fully saturated rings. The maximum absolute atomic E-state index is 13.5. The van der Waals surface area contributed by atoms with Crippen molar-refractivity contribution in [3.8, 4) is 0 Å². The lowest BCUT2D eigenvalue weighted by Crippen LogP contribution is -2.81. The second-order valence-corrected chi connectivity index (χ2v) is 9.36. The summed E-state index contributed by atoms with van der Waals surface area (Å²) in [5.74, 6) is -4.29. The highest BCUT2D eigenvalue weighted by atomic mass is 19.2. The van der Waals surface area contributed by atoms with E-state index < -0.39 is 71.9 Å². The Morgan fingerprint density at radius 3 is 2.35 bits per heavy atom. The van der Waals surface area contributed by atoms with Crippen LogP contribution in [0.5, 0.6) is 0 Å². The molecule has 7 N–H and O–H groups in total. The largest absolute Gasteiger partial charge is 0.390 e. The van der Waals surface area contributed by atoms with Crippen molar-refractivity contribution in [2.45, 2.75) is 80.2 Å². The van der Waals surface area contributed by atoms with Gasteiger partial charge in [0, 0.05) is 19.5 Å². The molecule has 2 saturated heterocycles. The zero-order valence-corrected chi connectivity index (χ0v) is 19.2. The number of ether oxygens (including phenoxy) is 3. The van der Waals surface area contributed by atoms with Gasteiger partial charge in [-0.25, -0.2) is 8.78 Å². The first-order chi connectivity index (χ1) is 16.0. The Balaban J connectivity index is 1.56. The van der Waals surface area contributed by atoms with Crippen LogP contribution in [0.15, 0.2) is 18.2 Å². The highest BCUT2D eigenvalue weighted by Crippen LogP contribution is 2.46. The van der Waals surface area contributed by atoms with E-state index in [1.807, 2.05) is 0 Å². The Morgan fingerprint density at radius 2 is 1.71 bits per heavy atom. The van der Waals surface area contributed by atoms with E-state index in [-0.39, 0.29) is 19.5 Å². The van der Waals surface area contributed by atoms with Crippen molar-refractivity contribution in [1.82, 2.24) is 16.0 Å². The quantitative estimate of drug-likeness (QED) is 0.247. The van der Waals surface area contributed by atoms with E-state index in [1.165, 1.54) is 6.07 Å². The summed E-state index contributed by atoms with van der Waals surface area (Å²) in [5, 5.41) is 53.4. The van der Waals surface area contributed by atoms with Crippen molar-refractivity contribution < 1.29 is 43.4 Å². The number of hydrogen-bond acceptors (Lipinski definition) is 10. The molecule has 1 aliphatic carbocycles. The van der Waals surface area contributed by atoms with E-state index in [0.29, 0.717) is 5.56 Å². The third-order valence-electron chi connectivity index (χ3n) is 7.08. The molecule has 2 heterocycles. The topological polar surface area (TPSA) is 145 Å². The van der Waals surface area contributed by atoms with E-state index >= 15 is 0 Å². The maximum Gasteiger partial charge on any atom is 0.249 e. The van der Waals surface area contributed by atoms with Crippen LogP contribution >= 0.6 is 0 Å². The molecule has 0 radical (unpaired) electrons. The normalized spacial score (nSPS) is 44.4. The molecule has 4 rings (SSSR count). The molecule has 1 aromatic rings. The maximum atomic E-state index is 13.5. The highest BCUT2D eigenvalue weighted by molar-refractivity contribution is 5.18. The molecule has 0 aromatic heterocycles. The molecule has 0 amide bonds. The van der Waals surface area contributed by atoms with Gasteiger partial charge in [0.1, 0.15) is 23.9 Å². The SMILES string of the molecule is CN[C@@H]1[C@H](O)[C@H](NC)[C@H]2O[C@]3(O)[C@H](OC2[C@H]1O)O[C@H](C)CC3(O)CNCc1ccc(F)c(F)c1. The Labute approximate surface area is 196 Å². The zero-order valence-electron chi connectivity index (χ0n) is 19.2. The number of aliphatic hydroxyl groups excluding tert-OH is 2. The van der Waals surface area contributed by atoms with Crippen LogP contribution in [0.2, 0.25) is 0 Å². The molecular formula is C22H33F2N3O7. The van der Waals surface area contributed by atoms with Gasteiger partial charge in [0.2, 0.25) is 12.1 Å². The number of nitrogens with one attached hydrogen (secondary N) is 3. The zero-order chi connectivity index (χ0) is 24.8. The molecule has 34 heavy (non-hydrogen) atoms. The molecule has 1 saturated carbocycles. The van der Waals surface area contributed by atoms with Crippen LogP contribution < -0.4 is 16.0 Å². The van der Waals surface area contributed by atoms with Gasteiger partial charge in [-0.3, -0.25) is 0 Å². The monoisotopic (exact) mass is 489 g/mol. The molecule has 192 valence electrons. The molecule has 12 heteroatoms. The Bertz CT molecular complexity index is 885. The van der Waals surface area contributed by atoms with E-state index in [1.54, 1.807) is 21.0 Å². The minimum absolute atomic E-state index is 0.0278. The van der Waals surface area contributed by atoms with Crippen LogP contribution in [0.4, 0.5) is 8.78 Å². The van der Waals surface area contributed by atoms with Crippen LogP contribution in [-0.4, -0.2) is 101 Å². The summed E-state index contributed by atoms with van der Waals surface area (Å²) in [4.78, 5) is 0. The van der Waals surface area contributed by atoms with Crippen molar-refractivity contribution >= 4 is 0 Å². The highest BCUT2D eigenvalue weighted by Gasteiger charge is 2.68. The number of fused-ring (bicyclic) bond motifs is 2. The number of likely N-dealkylation sites (N-methyl/N-ethyl adjacent to an activating group) is 2. The lowest BCUT2D eigenvalue weighted by atomic mass is 9.77. The Hall–Kier alpha value is -1.32. The smallest absolute Gasteiger partial charge is 0.249 e. The molecule has 2 unspecified atom stereocenters. The van der Waals surface area contributed by atoms with Gasteiger partial charge in [-0.2, -0.15) is 0 Å². The number of benzene rings is 1. The molecule has 1 aromatic carbocycles. The summed E-state index contributed by atoms with van der Waals surface area (Å²) in [5.41, 5.74) is -1.47. The summed E-state index contributed by atoms with van der Waals surface area (Å²) in [6.07, 6.45) is -6.24. The lowest BCUT2D eigenvalue weighted by molar-refractivity contribution is -0.482. The number of halogens is 2. The molecular weight excluding hydrogens is 456 g/mol. The van der Waals surface area contributed by atoms with Gasteiger partial charge in [0.15, 0.2) is 11.6 Å². The first-order valence-electron chi connectivity index (χ1n) is 11.3. The van der Waals surface area contributed by atoms with Crippen molar-refractivity contribution in [2.75, 3.05) is 20.6 Å². The van der Waals surface area contributed by atoms with Gasteiger partial charge >= 0.3 is 0 Å². The van der Waals surface area contributed by atoms with Gasteiger partial charge in [-0.1, -0.05) is 6.07 Å². The van der Waals surface area contributed by atoms with Crippen LogP contribution in [0, 0.1) is 11.6 Å². The van der Waals surface area contributed by atoms with Crippen molar-refractivity contribution in [3.63, 3.8) is 0 Å². The van der Waals surface area contributed by atoms with E-state index in [9.17, 15) is 29.2 Å². The van der Waals surface area contributed by atoms with Crippen molar-refractivity contribution in [1.29, 1.82) is 0 Å². The average Bonchev–Trinajstić information content (AvgIpc) is 2.77. The van der Waals surface area contributed by atoms with Crippen molar-refractivity contribution in [2.24, 2.45) is 0 Å². The Morgan fingerprint density at radius 1 is 1.00 bits per heavy atom. The van der Waals surface area contributed by atoms with E-state index in [0.717, 1.165) is 12.1 Å². The lowest BCUT2D eigenvalue weighted by Gasteiger charge is -2.60. The number of aliphatic hydroxyl groups is 4. The third-order valence-corrected chi connectivity index (χ3v) is 7.08. The molecule has 10 nitrogen and oxygen atoms in total. The molecule has 10 atom stereocenters. The third kappa shape index (κ3) is 4.26. The van der Waals surface area contributed by atoms with Gasteiger partial charge in [0.25, 0.3) is 0 Å². The molecule has 0 bridgehead atoms. The summed E-state index contributed by atoms with van der Waals surface area (Å²) >= 11 is 0. The van der Waals surface area contributed by atoms with Gasteiger partial charge in [-0.05, 0) is 38.7 Å². The molecule has 0 spiro atoms. The first-order valence-corrected chi connectivity index (χ1v) is 11.3. The summed E-state index contributed by atoms with van der Waals surface area (Å²) < 4.78 is 44.4. The average molecular weight is 490 g/mol. The van der Waals surface area contributed by atoms with Crippen LogP contribution in [-0.2, 0) is 20.8 Å².